The van der Waals surface area contributed by atoms with Crippen molar-refractivity contribution in [1.29, 1.82) is 0 Å². The number of hydrogen-bond donors (Lipinski definition) is 1. The summed E-state index contributed by atoms with van der Waals surface area (Å²) in [5, 5.41) is 11.3. The van der Waals surface area contributed by atoms with Gasteiger partial charge in [0.15, 0.2) is 5.91 Å². The summed E-state index contributed by atoms with van der Waals surface area (Å²) in [5.74, 6) is -1.85. The number of nitro groups is 1. The van der Waals surface area contributed by atoms with Crippen molar-refractivity contribution in [3.05, 3.63) is 69.1 Å². The number of carbonyl (C=O) groups is 1. The first-order chi connectivity index (χ1) is 12.0. The van der Waals surface area contributed by atoms with Crippen LogP contribution in [0.3, 0.4) is 0 Å². The Bertz CT molecular complexity index is 943. The highest BCUT2D eigenvalue weighted by molar-refractivity contribution is 7.31. The summed E-state index contributed by atoms with van der Waals surface area (Å²) in [6.07, 6.45) is 0. The molecule has 0 saturated carbocycles. The van der Waals surface area contributed by atoms with Gasteiger partial charge in [-0.25, -0.2) is 9.18 Å². The van der Waals surface area contributed by atoms with Crippen molar-refractivity contribution in [2.45, 2.75) is 5.91 Å². The fourth-order valence-electron chi connectivity index (χ4n) is 2.19. The van der Waals surface area contributed by atoms with Crippen LogP contribution in [0.25, 0.3) is 10.1 Å². The zero-order valence-corrected chi connectivity index (χ0v) is 14.3. The molecule has 1 aromatic heterocycles. The largest absolute Gasteiger partial charge is 0.422 e. The maximum Gasteiger partial charge on any atom is 0.353 e. The molecule has 1 heterocycles. The molecule has 25 heavy (non-hydrogen) atoms. The molecule has 0 spiro atoms. The van der Waals surface area contributed by atoms with E-state index >= 15 is 0 Å². The number of thiophene rings is 1. The summed E-state index contributed by atoms with van der Waals surface area (Å²) in [5.41, 5.74) is 0.251. The molecule has 1 N–H and O–H groups in total. The van der Waals surface area contributed by atoms with E-state index in [4.69, 9.17) is 9.63 Å². The fraction of sp³-hybridized carbons (Fsp3) is 0.0625. The Balaban J connectivity index is 1.80. The van der Waals surface area contributed by atoms with Crippen LogP contribution in [0.4, 0.5) is 10.1 Å². The highest BCUT2D eigenvalue weighted by atomic mass is 32.1. The van der Waals surface area contributed by atoms with Crippen molar-refractivity contribution < 1.29 is 23.7 Å². The molecule has 2 atom stereocenters. The Labute approximate surface area is 146 Å². The minimum absolute atomic E-state index is 0.0976. The van der Waals surface area contributed by atoms with Gasteiger partial charge in [0.2, 0.25) is 0 Å². The predicted molar refractivity (Wildman–Crippen MR) is 94.3 cm³/mol. The zero-order valence-electron chi connectivity index (χ0n) is 12.5. The first-order valence-electron chi connectivity index (χ1n) is 7.02. The Kier molecular flexibility index (Phi) is 5.03. The minimum Gasteiger partial charge on any atom is -0.422 e. The highest BCUT2D eigenvalue weighted by Gasteiger charge is 2.15. The fourth-order valence-corrected chi connectivity index (χ4v) is 3.44. The molecule has 0 fully saturated rings. The number of rotatable bonds is 5. The normalized spacial score (nSPS) is 12.6. The van der Waals surface area contributed by atoms with E-state index in [2.05, 4.69) is 0 Å². The van der Waals surface area contributed by atoms with Crippen molar-refractivity contribution >= 4 is 41.9 Å². The van der Waals surface area contributed by atoms with E-state index in [-0.39, 0.29) is 11.4 Å². The van der Waals surface area contributed by atoms with Gasteiger partial charge >= 0.3 is 5.97 Å². The number of benzene rings is 2. The Morgan fingerprint density at radius 2 is 1.96 bits per heavy atom. The predicted octanol–water partition coefficient (Wildman–Crippen LogP) is 4.58. The monoisotopic (exact) mass is 379 g/mol. The van der Waals surface area contributed by atoms with Gasteiger partial charge in [-0.1, -0.05) is 6.07 Å². The third kappa shape index (κ3) is 3.82. The van der Waals surface area contributed by atoms with Gasteiger partial charge < -0.3 is 9.63 Å². The van der Waals surface area contributed by atoms with Crippen LogP contribution in [-0.4, -0.2) is 15.8 Å². The van der Waals surface area contributed by atoms with Gasteiger partial charge in [0.25, 0.3) is 5.69 Å². The lowest BCUT2D eigenvalue weighted by molar-refractivity contribution is -0.384. The van der Waals surface area contributed by atoms with E-state index in [1.165, 1.54) is 35.6 Å². The smallest absolute Gasteiger partial charge is 0.353 e. The van der Waals surface area contributed by atoms with Crippen molar-refractivity contribution in [3.8, 4) is 5.75 Å². The lowest BCUT2D eigenvalue weighted by Gasteiger charge is -2.03. The van der Waals surface area contributed by atoms with Crippen molar-refractivity contribution in [1.82, 2.24) is 0 Å². The zero-order chi connectivity index (χ0) is 18.0. The summed E-state index contributed by atoms with van der Waals surface area (Å²) in [4.78, 5) is 31.5. The molecule has 0 bridgehead atoms. The topological polar surface area (TPSA) is 89.7 Å². The quantitative estimate of drug-likeness (QED) is 0.230. The van der Waals surface area contributed by atoms with E-state index in [0.717, 1.165) is 4.70 Å². The van der Waals surface area contributed by atoms with E-state index in [1.807, 2.05) is 0 Å². The first kappa shape index (κ1) is 17.4. The molecular formula is C16H11FNO5PS. The molecule has 128 valence electrons. The molecule has 0 radical (unpaired) electrons. The van der Waals surface area contributed by atoms with Gasteiger partial charge in [-0.2, -0.15) is 0 Å². The number of hydrogen-bond acceptors (Lipinski definition) is 6. The number of nitro benzene ring substituents is 1. The number of fused-ring (bicyclic) bond motifs is 1. The summed E-state index contributed by atoms with van der Waals surface area (Å²) in [6, 6.07) is 11.6. The summed E-state index contributed by atoms with van der Waals surface area (Å²) < 4.78 is 19.5. The second-order valence-electron chi connectivity index (χ2n) is 5.04. The molecule has 3 aromatic rings. The number of non-ortho nitro benzene ring substituents is 1. The molecule has 0 saturated heterocycles. The molecule has 0 aliphatic rings. The number of nitrogens with zero attached hydrogens (tertiary/aromatic N) is 1. The Hall–Kier alpha value is -2.41. The van der Waals surface area contributed by atoms with Gasteiger partial charge in [0.1, 0.15) is 10.6 Å². The number of carbonyl (C=O) groups excluding carboxylic acids is 1. The average Bonchev–Trinajstić information content (AvgIpc) is 3.04. The third-order valence-corrected chi connectivity index (χ3v) is 5.06. The maximum atomic E-state index is 13.6. The van der Waals surface area contributed by atoms with Crippen LogP contribution in [0.1, 0.15) is 21.1 Å². The first-order valence-corrected chi connectivity index (χ1v) is 8.86. The van der Waals surface area contributed by atoms with Crippen LogP contribution in [-0.2, 0) is 0 Å². The van der Waals surface area contributed by atoms with E-state index in [9.17, 15) is 19.3 Å². The van der Waals surface area contributed by atoms with Crippen LogP contribution in [0.5, 0.6) is 5.75 Å². The molecule has 3 rings (SSSR count). The summed E-state index contributed by atoms with van der Waals surface area (Å²) >= 11 is 1.20. The van der Waals surface area contributed by atoms with Crippen LogP contribution >= 0.6 is 20.1 Å². The molecule has 2 unspecified atom stereocenters. The number of ether oxygens (including phenoxy) is 1. The Morgan fingerprint density at radius 1 is 1.24 bits per heavy atom. The van der Waals surface area contributed by atoms with Crippen molar-refractivity contribution in [2.24, 2.45) is 0 Å². The summed E-state index contributed by atoms with van der Waals surface area (Å²) in [7, 11) is -0.842. The standard InChI is InChI=1S/C16H11FNO5PS/c17-15(24-22)9-1-6-13-10(7-9)8-14(25-13)16(19)23-12-4-2-11(3-5-12)18(20)21/h1-8,15,22,24H. The second kappa shape index (κ2) is 7.23. The van der Waals surface area contributed by atoms with E-state index in [0.29, 0.717) is 15.8 Å². The van der Waals surface area contributed by atoms with Crippen LogP contribution < -0.4 is 4.74 Å². The van der Waals surface area contributed by atoms with Crippen molar-refractivity contribution in [3.63, 3.8) is 0 Å². The molecule has 0 aliphatic heterocycles. The highest BCUT2D eigenvalue weighted by Crippen LogP contribution is 2.36. The molecular weight excluding hydrogens is 368 g/mol. The van der Waals surface area contributed by atoms with E-state index < -0.39 is 25.6 Å². The minimum atomic E-state index is -1.44. The van der Waals surface area contributed by atoms with Crippen LogP contribution in [0, 0.1) is 10.1 Å². The van der Waals surface area contributed by atoms with Crippen molar-refractivity contribution in [2.75, 3.05) is 0 Å². The lowest BCUT2D eigenvalue weighted by Crippen LogP contribution is -2.06. The van der Waals surface area contributed by atoms with Crippen LogP contribution in [0.2, 0.25) is 0 Å². The number of esters is 1. The Morgan fingerprint density at radius 3 is 2.60 bits per heavy atom. The molecule has 0 amide bonds. The molecule has 0 aliphatic carbocycles. The number of alkyl halides is 1. The van der Waals surface area contributed by atoms with Gasteiger partial charge in [-0.3, -0.25) is 10.1 Å². The van der Waals surface area contributed by atoms with Gasteiger partial charge in [0, 0.05) is 16.8 Å². The molecule has 9 heteroatoms. The SMILES string of the molecule is O=C(Oc1ccc([N+](=O)[O-])cc1)c1cc2cc(C(F)PO)ccc2s1. The number of halogens is 1. The average molecular weight is 379 g/mol. The lowest BCUT2D eigenvalue weighted by atomic mass is 10.2. The molecule has 6 nitrogen and oxygen atoms in total. The summed E-state index contributed by atoms with van der Waals surface area (Å²) in [6.45, 7) is 0. The van der Waals surface area contributed by atoms with E-state index in [1.54, 1.807) is 24.3 Å². The third-order valence-electron chi connectivity index (χ3n) is 3.41. The maximum absolute atomic E-state index is 13.6. The van der Waals surface area contributed by atoms with Gasteiger partial charge in [0.05, 0.1) is 13.7 Å². The molecule has 2 aromatic carbocycles. The second-order valence-corrected chi connectivity index (χ2v) is 6.89. The van der Waals surface area contributed by atoms with Crippen LogP contribution in [0.15, 0.2) is 48.5 Å². The van der Waals surface area contributed by atoms with Gasteiger partial charge in [-0.05, 0) is 41.3 Å². The van der Waals surface area contributed by atoms with Gasteiger partial charge in [-0.15, -0.1) is 11.3 Å².